The lowest BCUT2D eigenvalue weighted by atomic mass is 10.1. The van der Waals surface area contributed by atoms with Crippen LogP contribution in [0.3, 0.4) is 0 Å². The molecule has 0 bridgehead atoms. The predicted octanol–water partition coefficient (Wildman–Crippen LogP) is 8.72. The molecule has 2 aliphatic rings. The summed E-state index contributed by atoms with van der Waals surface area (Å²) in [5.74, 6) is 1.47. The number of hydrogen-bond donors (Lipinski definition) is 0. The van der Waals surface area contributed by atoms with E-state index in [1.807, 2.05) is 36.4 Å². The minimum Gasteiger partial charge on any atom is -0.344 e. The molecule has 288 valence electrons. The molecule has 2 aliphatic heterocycles. The summed E-state index contributed by atoms with van der Waals surface area (Å²) in [5.41, 5.74) is 4.71. The van der Waals surface area contributed by atoms with E-state index >= 15 is 0 Å². The summed E-state index contributed by atoms with van der Waals surface area (Å²) in [4.78, 5) is 19.0. The minimum absolute atomic E-state index is 0.216. The zero-order valence-electron chi connectivity index (χ0n) is 31.3. The zero-order valence-corrected chi connectivity index (χ0v) is 33.7. The first-order valence-electron chi connectivity index (χ1n) is 19.0. The number of aromatic nitrogens is 4. The van der Waals surface area contributed by atoms with Crippen LogP contribution in [0.1, 0.15) is 33.9 Å². The Morgan fingerprint density at radius 3 is 1.38 bits per heavy atom. The highest BCUT2D eigenvalue weighted by Gasteiger charge is 2.21. The lowest BCUT2D eigenvalue weighted by molar-refractivity contribution is 0.284. The molecular formula is C44H46ClFN8S2. The van der Waals surface area contributed by atoms with Crippen LogP contribution in [-0.4, -0.2) is 94.0 Å². The van der Waals surface area contributed by atoms with Crippen molar-refractivity contribution >= 4 is 57.1 Å². The molecule has 0 N–H and O–H groups in total. The molecule has 12 heteroatoms. The number of halogens is 2. The number of hydrogen-bond acceptors (Lipinski definition) is 10. The van der Waals surface area contributed by atoms with Gasteiger partial charge in [0.15, 0.2) is 0 Å². The summed E-state index contributed by atoms with van der Waals surface area (Å²) in [6.07, 6.45) is 10.2. The summed E-state index contributed by atoms with van der Waals surface area (Å²) < 4.78 is 22.0. The van der Waals surface area contributed by atoms with Gasteiger partial charge in [-0.3, -0.25) is 9.80 Å². The molecule has 4 heterocycles. The summed E-state index contributed by atoms with van der Waals surface area (Å²) in [6.45, 7) is 10.0. The number of benzene rings is 4. The molecule has 2 aromatic heterocycles. The third-order valence-electron chi connectivity index (χ3n) is 9.70. The molecule has 0 radical (unpaired) electrons. The molecular weight excluding hydrogens is 759 g/mol. The predicted molar refractivity (Wildman–Crippen MR) is 232 cm³/mol. The Hall–Kier alpha value is -4.78. The Balaban J connectivity index is 0.000000172. The van der Waals surface area contributed by atoms with Crippen LogP contribution < -0.4 is 9.80 Å². The first-order chi connectivity index (χ1) is 27.5. The summed E-state index contributed by atoms with van der Waals surface area (Å²) >= 11 is 8.91. The van der Waals surface area contributed by atoms with E-state index in [0.717, 1.165) is 104 Å². The van der Waals surface area contributed by atoms with E-state index < -0.39 is 0 Å². The maximum absolute atomic E-state index is 13.0. The molecule has 8 rings (SSSR count). The molecule has 0 saturated carbocycles. The topological polar surface area (TPSA) is 64.5 Å². The number of nitrogens with zero attached hydrogens (tertiary/aromatic N) is 8. The first-order valence-corrected chi connectivity index (χ1v) is 21.0. The summed E-state index contributed by atoms with van der Waals surface area (Å²) in [7, 11) is 0. The van der Waals surface area contributed by atoms with Gasteiger partial charge in [-0.25, -0.2) is 14.4 Å². The second-order valence-electron chi connectivity index (χ2n) is 13.8. The normalized spacial score (nSPS) is 15.4. The fraction of sp³-hybridized carbons (Fsp3) is 0.273. The van der Waals surface area contributed by atoms with Gasteiger partial charge in [-0.15, -0.1) is 0 Å². The molecule has 2 saturated heterocycles. The molecule has 0 unspecified atom stereocenters. The van der Waals surface area contributed by atoms with Crippen molar-refractivity contribution in [2.24, 2.45) is 0 Å². The van der Waals surface area contributed by atoms with Gasteiger partial charge in [0, 0.05) is 106 Å². The van der Waals surface area contributed by atoms with Crippen LogP contribution in [-0.2, 0) is 12.8 Å². The quantitative estimate of drug-likeness (QED) is 0.122. The van der Waals surface area contributed by atoms with Crippen molar-refractivity contribution in [3.8, 4) is 0 Å². The Bertz CT molecular complexity index is 1950. The zero-order chi connectivity index (χ0) is 38.4. The Labute approximate surface area is 342 Å². The summed E-state index contributed by atoms with van der Waals surface area (Å²) in [6, 6.07) is 35.3. The standard InChI is InChI=1S/C22H23ClN4S.C22H23FN4S/c2*23-20-10-8-19(9-11-20)17-21-24-22(28-25-21)27-15-13-26(14-16-27)12-4-7-18-5-2-1-3-6-18/h2*1-11H,12-17H2. The highest BCUT2D eigenvalue weighted by atomic mass is 35.5. The fourth-order valence-electron chi connectivity index (χ4n) is 6.51. The van der Waals surface area contributed by atoms with E-state index in [1.54, 1.807) is 12.1 Å². The first kappa shape index (κ1) is 39.5. The van der Waals surface area contributed by atoms with Crippen molar-refractivity contribution in [2.45, 2.75) is 12.8 Å². The third-order valence-corrected chi connectivity index (χ3v) is 11.6. The largest absolute Gasteiger partial charge is 0.344 e. The molecule has 0 atom stereocenters. The van der Waals surface area contributed by atoms with E-state index in [4.69, 9.17) is 16.6 Å². The number of anilines is 2. The average Bonchev–Trinajstić information content (AvgIpc) is 3.91. The van der Waals surface area contributed by atoms with Crippen LogP contribution >= 0.6 is 34.7 Å². The van der Waals surface area contributed by atoms with Crippen LogP contribution in [0.2, 0.25) is 5.02 Å². The Morgan fingerprint density at radius 1 is 0.536 bits per heavy atom. The highest BCUT2D eigenvalue weighted by Crippen LogP contribution is 2.22. The van der Waals surface area contributed by atoms with Gasteiger partial charge in [0.05, 0.1) is 0 Å². The molecule has 0 aliphatic carbocycles. The van der Waals surface area contributed by atoms with Crippen molar-refractivity contribution in [1.82, 2.24) is 28.5 Å². The lowest BCUT2D eigenvalue weighted by Crippen LogP contribution is -2.46. The van der Waals surface area contributed by atoms with E-state index in [0.29, 0.717) is 6.42 Å². The average molecular weight is 805 g/mol. The van der Waals surface area contributed by atoms with Gasteiger partial charge in [0.1, 0.15) is 17.5 Å². The molecule has 0 spiro atoms. The van der Waals surface area contributed by atoms with E-state index in [-0.39, 0.29) is 5.82 Å². The highest BCUT2D eigenvalue weighted by molar-refractivity contribution is 7.10. The van der Waals surface area contributed by atoms with Crippen LogP contribution in [0.4, 0.5) is 14.7 Å². The van der Waals surface area contributed by atoms with Crippen LogP contribution in [0.25, 0.3) is 12.2 Å². The van der Waals surface area contributed by atoms with Gasteiger partial charge in [-0.2, -0.15) is 8.75 Å². The van der Waals surface area contributed by atoms with Gasteiger partial charge in [-0.05, 0) is 46.5 Å². The smallest absolute Gasteiger partial charge is 0.205 e. The molecule has 2 fully saturated rings. The fourth-order valence-corrected chi connectivity index (χ4v) is 8.11. The second-order valence-corrected chi connectivity index (χ2v) is 15.7. The molecule has 0 amide bonds. The van der Waals surface area contributed by atoms with Gasteiger partial charge in [0.2, 0.25) is 10.3 Å². The van der Waals surface area contributed by atoms with Gasteiger partial charge >= 0.3 is 0 Å². The lowest BCUT2D eigenvalue weighted by Gasteiger charge is -2.33. The number of piperazine rings is 2. The SMILES string of the molecule is Clc1ccc(Cc2nsc(N3CCN(CC=Cc4ccccc4)CC3)n2)cc1.Fc1ccc(Cc2nsc(N3CCN(CC=Cc4ccccc4)CC3)n2)cc1. The molecule has 56 heavy (non-hydrogen) atoms. The summed E-state index contributed by atoms with van der Waals surface area (Å²) in [5, 5.41) is 2.77. The van der Waals surface area contributed by atoms with Crippen LogP contribution in [0, 0.1) is 5.82 Å². The van der Waals surface area contributed by atoms with E-state index in [1.165, 1.54) is 51.9 Å². The van der Waals surface area contributed by atoms with Gasteiger partial charge in [-0.1, -0.05) is 121 Å². The minimum atomic E-state index is -0.216. The van der Waals surface area contributed by atoms with Crippen molar-refractivity contribution in [1.29, 1.82) is 0 Å². The Kier molecular flexibility index (Phi) is 14.4. The van der Waals surface area contributed by atoms with Gasteiger partial charge in [0.25, 0.3) is 0 Å². The third kappa shape index (κ3) is 12.1. The van der Waals surface area contributed by atoms with Crippen molar-refractivity contribution in [2.75, 3.05) is 75.2 Å². The monoisotopic (exact) mass is 804 g/mol. The molecule has 4 aromatic carbocycles. The molecule has 6 aromatic rings. The van der Waals surface area contributed by atoms with Crippen LogP contribution in [0.15, 0.2) is 121 Å². The van der Waals surface area contributed by atoms with Crippen molar-refractivity contribution in [3.05, 3.63) is 166 Å². The van der Waals surface area contributed by atoms with Crippen molar-refractivity contribution in [3.63, 3.8) is 0 Å². The maximum atomic E-state index is 13.0. The maximum Gasteiger partial charge on any atom is 0.205 e. The van der Waals surface area contributed by atoms with Gasteiger partial charge < -0.3 is 9.80 Å². The Morgan fingerprint density at radius 2 is 0.946 bits per heavy atom. The van der Waals surface area contributed by atoms with E-state index in [2.05, 4.69) is 106 Å². The molecule has 8 nitrogen and oxygen atoms in total. The number of rotatable bonds is 12. The van der Waals surface area contributed by atoms with E-state index in [9.17, 15) is 4.39 Å². The van der Waals surface area contributed by atoms with Crippen LogP contribution in [0.5, 0.6) is 0 Å². The second kappa shape index (κ2) is 20.4. The van der Waals surface area contributed by atoms with Crippen molar-refractivity contribution < 1.29 is 4.39 Å².